The summed E-state index contributed by atoms with van der Waals surface area (Å²) in [5.74, 6) is 0.863. The Bertz CT molecular complexity index is 518. The molecule has 20 heavy (non-hydrogen) atoms. The van der Waals surface area contributed by atoms with E-state index in [1.165, 1.54) is 11.1 Å². The molecule has 0 saturated heterocycles. The van der Waals surface area contributed by atoms with Crippen LogP contribution in [0.25, 0.3) is 0 Å². The summed E-state index contributed by atoms with van der Waals surface area (Å²) in [6, 6.07) is 8.46. The van der Waals surface area contributed by atoms with Gasteiger partial charge in [0.05, 0.1) is 6.61 Å². The Morgan fingerprint density at radius 3 is 2.65 bits per heavy atom. The first-order chi connectivity index (χ1) is 9.78. The SMILES string of the molecule is CCOC(=O)CCCc1ccc(Cc2ncc[nH]2)cc1. The van der Waals surface area contributed by atoms with Crippen molar-refractivity contribution in [2.75, 3.05) is 6.61 Å². The molecule has 0 aliphatic carbocycles. The Morgan fingerprint density at radius 2 is 2.00 bits per heavy atom. The molecular formula is C16H20N2O2. The third kappa shape index (κ3) is 4.53. The van der Waals surface area contributed by atoms with Gasteiger partial charge < -0.3 is 9.72 Å². The molecule has 4 heteroatoms. The molecule has 2 rings (SSSR count). The Balaban J connectivity index is 1.78. The van der Waals surface area contributed by atoms with Crippen LogP contribution in [0.15, 0.2) is 36.7 Å². The Morgan fingerprint density at radius 1 is 1.25 bits per heavy atom. The first-order valence-electron chi connectivity index (χ1n) is 6.99. The molecule has 0 aliphatic rings. The molecule has 1 aromatic heterocycles. The Kier molecular flexibility index (Phi) is 5.35. The number of H-pyrrole nitrogens is 1. The lowest BCUT2D eigenvalue weighted by Gasteiger charge is -2.04. The van der Waals surface area contributed by atoms with E-state index in [0.717, 1.165) is 25.1 Å². The smallest absolute Gasteiger partial charge is 0.305 e. The topological polar surface area (TPSA) is 55.0 Å². The van der Waals surface area contributed by atoms with Crippen molar-refractivity contribution >= 4 is 5.97 Å². The molecule has 1 heterocycles. The zero-order valence-corrected chi connectivity index (χ0v) is 11.8. The highest BCUT2D eigenvalue weighted by molar-refractivity contribution is 5.69. The van der Waals surface area contributed by atoms with Gasteiger partial charge in [0, 0.05) is 25.2 Å². The molecule has 1 aromatic carbocycles. The van der Waals surface area contributed by atoms with E-state index in [9.17, 15) is 4.79 Å². The van der Waals surface area contributed by atoms with Crippen LogP contribution in [0.3, 0.4) is 0 Å². The lowest BCUT2D eigenvalue weighted by atomic mass is 10.0. The number of aromatic nitrogens is 2. The second kappa shape index (κ2) is 7.48. The van der Waals surface area contributed by atoms with E-state index in [4.69, 9.17) is 4.74 Å². The van der Waals surface area contributed by atoms with Crippen molar-refractivity contribution in [3.05, 3.63) is 53.6 Å². The number of rotatable bonds is 7. The predicted molar refractivity (Wildman–Crippen MR) is 77.4 cm³/mol. The van der Waals surface area contributed by atoms with Crippen LogP contribution in [0.5, 0.6) is 0 Å². The molecule has 0 bridgehead atoms. The van der Waals surface area contributed by atoms with Crippen molar-refractivity contribution in [1.29, 1.82) is 0 Å². The number of ether oxygens (including phenoxy) is 1. The molecule has 0 aliphatic heterocycles. The molecule has 106 valence electrons. The van der Waals surface area contributed by atoms with Gasteiger partial charge in [0.1, 0.15) is 5.82 Å². The highest BCUT2D eigenvalue weighted by Crippen LogP contribution is 2.10. The molecule has 0 radical (unpaired) electrons. The molecule has 0 amide bonds. The van der Waals surface area contributed by atoms with Crippen molar-refractivity contribution in [3.63, 3.8) is 0 Å². The second-order valence-electron chi connectivity index (χ2n) is 4.69. The maximum Gasteiger partial charge on any atom is 0.305 e. The average Bonchev–Trinajstić information content (AvgIpc) is 2.94. The fourth-order valence-electron chi connectivity index (χ4n) is 2.08. The van der Waals surface area contributed by atoms with E-state index in [1.807, 2.05) is 13.1 Å². The summed E-state index contributed by atoms with van der Waals surface area (Å²) in [4.78, 5) is 18.5. The van der Waals surface area contributed by atoms with E-state index in [-0.39, 0.29) is 5.97 Å². The number of hydrogen-bond donors (Lipinski definition) is 1. The maximum absolute atomic E-state index is 11.2. The van der Waals surface area contributed by atoms with Gasteiger partial charge in [-0.3, -0.25) is 4.79 Å². The summed E-state index contributed by atoms with van der Waals surface area (Å²) in [7, 11) is 0. The quantitative estimate of drug-likeness (QED) is 0.788. The van der Waals surface area contributed by atoms with E-state index in [2.05, 4.69) is 34.2 Å². The molecule has 0 spiro atoms. The Hall–Kier alpha value is -2.10. The van der Waals surface area contributed by atoms with E-state index in [1.54, 1.807) is 6.20 Å². The van der Waals surface area contributed by atoms with Gasteiger partial charge in [0.25, 0.3) is 0 Å². The van der Waals surface area contributed by atoms with Crippen LogP contribution in [-0.4, -0.2) is 22.5 Å². The third-order valence-corrected chi connectivity index (χ3v) is 3.10. The van der Waals surface area contributed by atoms with Crippen molar-refractivity contribution in [2.24, 2.45) is 0 Å². The minimum atomic E-state index is -0.109. The van der Waals surface area contributed by atoms with Gasteiger partial charge in [-0.15, -0.1) is 0 Å². The Labute approximate surface area is 119 Å². The lowest BCUT2D eigenvalue weighted by Crippen LogP contribution is -2.04. The highest BCUT2D eigenvalue weighted by atomic mass is 16.5. The molecule has 0 atom stereocenters. The van der Waals surface area contributed by atoms with Crippen LogP contribution in [0.1, 0.15) is 36.7 Å². The minimum absolute atomic E-state index is 0.109. The fraction of sp³-hybridized carbons (Fsp3) is 0.375. The summed E-state index contributed by atoms with van der Waals surface area (Å²) < 4.78 is 4.91. The number of esters is 1. The number of hydrogen-bond acceptors (Lipinski definition) is 3. The molecular weight excluding hydrogens is 252 g/mol. The zero-order chi connectivity index (χ0) is 14.2. The van der Waals surface area contributed by atoms with Gasteiger partial charge in [-0.25, -0.2) is 4.98 Å². The predicted octanol–water partition coefficient (Wildman–Crippen LogP) is 2.89. The first kappa shape index (κ1) is 14.3. The number of nitrogens with zero attached hydrogens (tertiary/aromatic N) is 1. The summed E-state index contributed by atoms with van der Waals surface area (Å²) in [6.07, 6.45) is 6.63. The van der Waals surface area contributed by atoms with Gasteiger partial charge in [-0.2, -0.15) is 0 Å². The monoisotopic (exact) mass is 272 g/mol. The summed E-state index contributed by atoms with van der Waals surface area (Å²) in [5, 5.41) is 0. The van der Waals surface area contributed by atoms with Crippen LogP contribution in [0.4, 0.5) is 0 Å². The number of aryl methyl sites for hydroxylation is 1. The van der Waals surface area contributed by atoms with Gasteiger partial charge in [-0.05, 0) is 30.9 Å². The van der Waals surface area contributed by atoms with Crippen molar-refractivity contribution in [3.8, 4) is 0 Å². The molecule has 0 fully saturated rings. The largest absolute Gasteiger partial charge is 0.466 e. The number of carbonyl (C=O) groups excluding carboxylic acids is 1. The number of benzene rings is 1. The van der Waals surface area contributed by atoms with Gasteiger partial charge in [0.15, 0.2) is 0 Å². The van der Waals surface area contributed by atoms with Gasteiger partial charge in [0.2, 0.25) is 0 Å². The molecule has 4 nitrogen and oxygen atoms in total. The number of carbonyl (C=O) groups is 1. The molecule has 2 aromatic rings. The second-order valence-corrected chi connectivity index (χ2v) is 4.69. The lowest BCUT2D eigenvalue weighted by molar-refractivity contribution is -0.143. The van der Waals surface area contributed by atoms with Gasteiger partial charge >= 0.3 is 5.97 Å². The highest BCUT2D eigenvalue weighted by Gasteiger charge is 2.02. The summed E-state index contributed by atoms with van der Waals surface area (Å²) in [6.45, 7) is 2.29. The standard InChI is InChI=1S/C16H20N2O2/c1-2-20-16(19)5-3-4-13-6-8-14(9-7-13)12-15-17-10-11-18-15/h6-11H,2-5,12H2,1H3,(H,17,18). The number of nitrogens with one attached hydrogen (secondary N) is 1. The average molecular weight is 272 g/mol. The van der Waals surface area contributed by atoms with Crippen molar-refractivity contribution in [2.45, 2.75) is 32.6 Å². The van der Waals surface area contributed by atoms with Crippen LogP contribution in [0, 0.1) is 0 Å². The van der Waals surface area contributed by atoms with Crippen molar-refractivity contribution in [1.82, 2.24) is 9.97 Å². The van der Waals surface area contributed by atoms with E-state index in [0.29, 0.717) is 13.0 Å². The zero-order valence-electron chi connectivity index (χ0n) is 11.8. The summed E-state index contributed by atoms with van der Waals surface area (Å²) in [5.41, 5.74) is 2.48. The molecule has 0 unspecified atom stereocenters. The van der Waals surface area contributed by atoms with Gasteiger partial charge in [-0.1, -0.05) is 24.3 Å². The normalized spacial score (nSPS) is 10.4. The maximum atomic E-state index is 11.2. The van der Waals surface area contributed by atoms with E-state index >= 15 is 0 Å². The fourth-order valence-corrected chi connectivity index (χ4v) is 2.08. The van der Waals surface area contributed by atoms with Crippen LogP contribution >= 0.6 is 0 Å². The van der Waals surface area contributed by atoms with Crippen molar-refractivity contribution < 1.29 is 9.53 Å². The van der Waals surface area contributed by atoms with Crippen LogP contribution in [0.2, 0.25) is 0 Å². The van der Waals surface area contributed by atoms with Crippen LogP contribution < -0.4 is 0 Å². The number of aromatic amines is 1. The number of imidazole rings is 1. The van der Waals surface area contributed by atoms with Crippen LogP contribution in [-0.2, 0) is 22.4 Å². The summed E-state index contributed by atoms with van der Waals surface area (Å²) >= 11 is 0. The first-order valence-corrected chi connectivity index (χ1v) is 6.99. The van der Waals surface area contributed by atoms with E-state index < -0.39 is 0 Å². The molecule has 1 N–H and O–H groups in total. The molecule has 0 saturated carbocycles. The third-order valence-electron chi connectivity index (χ3n) is 3.10. The minimum Gasteiger partial charge on any atom is -0.466 e.